The third kappa shape index (κ3) is 1.79. The van der Waals surface area contributed by atoms with Crippen molar-refractivity contribution in [1.82, 2.24) is 0 Å². The molecule has 4 heteroatoms. The summed E-state index contributed by atoms with van der Waals surface area (Å²) in [5.41, 5.74) is 12.9. The van der Waals surface area contributed by atoms with Crippen LogP contribution in [0, 0.1) is 0 Å². The van der Waals surface area contributed by atoms with E-state index in [0.717, 1.165) is 5.69 Å². The zero-order valence-electron chi connectivity index (χ0n) is 7.79. The van der Waals surface area contributed by atoms with Gasteiger partial charge in [-0.25, -0.2) is 0 Å². The van der Waals surface area contributed by atoms with Crippen molar-refractivity contribution in [1.29, 1.82) is 0 Å². The highest BCUT2D eigenvalue weighted by Gasteiger charge is 2.21. The van der Waals surface area contributed by atoms with Crippen LogP contribution in [0.5, 0.6) is 0 Å². The predicted molar refractivity (Wildman–Crippen MR) is 56.0 cm³/mol. The maximum Gasteiger partial charge on any atom is 0.248 e. The van der Waals surface area contributed by atoms with Gasteiger partial charge in [-0.2, -0.15) is 0 Å². The maximum atomic E-state index is 10.9. The smallest absolute Gasteiger partial charge is 0.248 e. The molecule has 14 heavy (non-hydrogen) atoms. The highest BCUT2D eigenvalue weighted by atomic mass is 16.1. The number of carbonyl (C=O) groups is 1. The molecular formula is C10H13N3O. The molecule has 0 aliphatic heterocycles. The van der Waals surface area contributed by atoms with E-state index in [-0.39, 0.29) is 0 Å². The zero-order valence-corrected chi connectivity index (χ0v) is 7.79. The largest absolute Gasteiger partial charge is 0.397 e. The van der Waals surface area contributed by atoms with Crippen LogP contribution < -0.4 is 16.8 Å². The highest BCUT2D eigenvalue weighted by Crippen LogP contribution is 2.28. The summed E-state index contributed by atoms with van der Waals surface area (Å²) in [7, 11) is 0. The molecule has 0 unspecified atom stereocenters. The molecule has 0 spiro atoms. The molecule has 1 amide bonds. The van der Waals surface area contributed by atoms with Crippen LogP contribution in [0.25, 0.3) is 0 Å². The van der Waals surface area contributed by atoms with Crippen molar-refractivity contribution in [3.8, 4) is 0 Å². The molecule has 4 nitrogen and oxygen atoms in total. The number of hydrogen-bond donors (Lipinski definition) is 3. The van der Waals surface area contributed by atoms with Crippen molar-refractivity contribution in [3.05, 3.63) is 23.8 Å². The number of nitrogens with one attached hydrogen (secondary N) is 1. The lowest BCUT2D eigenvalue weighted by Crippen LogP contribution is -2.12. The summed E-state index contributed by atoms with van der Waals surface area (Å²) in [5, 5.41) is 3.25. The number of nitrogen functional groups attached to an aromatic ring is 1. The Labute approximate surface area is 82.3 Å². The minimum atomic E-state index is -0.427. The van der Waals surface area contributed by atoms with E-state index in [2.05, 4.69) is 5.32 Å². The standard InChI is InChI=1S/C10H13N3O/c11-8-4-1-6(10(12)14)5-9(8)13-7-2-3-7/h1,4-5,7,13H,2-3,11H2,(H2,12,14). The number of rotatable bonds is 3. The first-order valence-corrected chi connectivity index (χ1v) is 4.62. The second kappa shape index (κ2) is 3.21. The monoisotopic (exact) mass is 191 g/mol. The van der Waals surface area contributed by atoms with Crippen molar-refractivity contribution < 1.29 is 4.79 Å². The van der Waals surface area contributed by atoms with Crippen LogP contribution in [0.4, 0.5) is 11.4 Å². The van der Waals surface area contributed by atoms with Crippen LogP contribution in [-0.4, -0.2) is 11.9 Å². The molecule has 0 radical (unpaired) electrons. The predicted octanol–water partition coefficient (Wildman–Crippen LogP) is 0.942. The summed E-state index contributed by atoms with van der Waals surface area (Å²) in [6.45, 7) is 0. The number of hydrogen-bond acceptors (Lipinski definition) is 3. The molecule has 2 rings (SSSR count). The van der Waals surface area contributed by atoms with Gasteiger partial charge >= 0.3 is 0 Å². The van der Waals surface area contributed by atoms with Crippen molar-refractivity contribution in [2.45, 2.75) is 18.9 Å². The van der Waals surface area contributed by atoms with Gasteiger partial charge in [0.15, 0.2) is 0 Å². The van der Waals surface area contributed by atoms with Crippen molar-refractivity contribution in [2.24, 2.45) is 5.73 Å². The van der Waals surface area contributed by atoms with E-state index in [1.807, 2.05) is 0 Å². The van der Waals surface area contributed by atoms with Crippen LogP contribution >= 0.6 is 0 Å². The first kappa shape index (κ1) is 8.87. The van der Waals surface area contributed by atoms with Gasteiger partial charge in [0, 0.05) is 11.6 Å². The van der Waals surface area contributed by atoms with E-state index in [0.29, 0.717) is 17.3 Å². The first-order chi connectivity index (χ1) is 6.66. The van der Waals surface area contributed by atoms with Crippen LogP contribution in [-0.2, 0) is 0 Å². The molecule has 1 saturated carbocycles. The lowest BCUT2D eigenvalue weighted by atomic mass is 10.1. The van der Waals surface area contributed by atoms with Gasteiger partial charge in [0.25, 0.3) is 0 Å². The van der Waals surface area contributed by atoms with Gasteiger partial charge in [0.1, 0.15) is 0 Å². The molecule has 1 aromatic rings. The lowest BCUT2D eigenvalue weighted by Gasteiger charge is -2.08. The molecule has 1 aliphatic rings. The fraction of sp³-hybridized carbons (Fsp3) is 0.300. The SMILES string of the molecule is NC(=O)c1ccc(N)c(NC2CC2)c1. The Morgan fingerprint density at radius 2 is 2.14 bits per heavy atom. The topological polar surface area (TPSA) is 81.1 Å². The molecule has 1 aliphatic carbocycles. The lowest BCUT2D eigenvalue weighted by molar-refractivity contribution is 0.100. The molecule has 0 aromatic heterocycles. The molecule has 0 saturated heterocycles. The third-order valence-electron chi connectivity index (χ3n) is 2.27. The minimum absolute atomic E-state index is 0.427. The van der Waals surface area contributed by atoms with E-state index in [1.165, 1.54) is 12.8 Å². The number of benzene rings is 1. The molecule has 0 bridgehead atoms. The normalized spacial score (nSPS) is 15.1. The zero-order chi connectivity index (χ0) is 10.1. The minimum Gasteiger partial charge on any atom is -0.397 e. The molecular weight excluding hydrogens is 178 g/mol. The average molecular weight is 191 g/mol. The van der Waals surface area contributed by atoms with E-state index in [4.69, 9.17) is 11.5 Å². The Kier molecular flexibility index (Phi) is 2.04. The number of primary amides is 1. The summed E-state index contributed by atoms with van der Waals surface area (Å²) in [6, 6.07) is 5.55. The van der Waals surface area contributed by atoms with Gasteiger partial charge in [-0.1, -0.05) is 0 Å². The number of nitrogens with two attached hydrogens (primary N) is 2. The fourth-order valence-corrected chi connectivity index (χ4v) is 1.28. The van der Waals surface area contributed by atoms with Gasteiger partial charge in [-0.15, -0.1) is 0 Å². The number of carbonyl (C=O) groups excluding carboxylic acids is 1. The molecule has 1 fully saturated rings. The molecule has 1 aromatic carbocycles. The van der Waals surface area contributed by atoms with Crippen LogP contribution in [0.2, 0.25) is 0 Å². The van der Waals surface area contributed by atoms with Gasteiger partial charge in [0.2, 0.25) is 5.91 Å². The van der Waals surface area contributed by atoms with Crippen LogP contribution in [0.15, 0.2) is 18.2 Å². The molecule has 0 atom stereocenters. The van der Waals surface area contributed by atoms with E-state index < -0.39 is 5.91 Å². The van der Waals surface area contributed by atoms with Gasteiger partial charge in [-0.3, -0.25) is 4.79 Å². The quantitative estimate of drug-likeness (QED) is 0.622. The highest BCUT2D eigenvalue weighted by molar-refractivity contribution is 5.94. The third-order valence-corrected chi connectivity index (χ3v) is 2.27. The first-order valence-electron chi connectivity index (χ1n) is 4.62. The van der Waals surface area contributed by atoms with Crippen LogP contribution in [0.1, 0.15) is 23.2 Å². The molecule has 0 heterocycles. The van der Waals surface area contributed by atoms with Gasteiger partial charge < -0.3 is 16.8 Å². The summed E-state index contributed by atoms with van der Waals surface area (Å²) in [5.74, 6) is -0.427. The van der Waals surface area contributed by atoms with Crippen LogP contribution in [0.3, 0.4) is 0 Å². The Morgan fingerprint density at radius 1 is 1.43 bits per heavy atom. The second-order valence-corrected chi connectivity index (χ2v) is 3.58. The van der Waals surface area contributed by atoms with E-state index in [1.54, 1.807) is 18.2 Å². The maximum absolute atomic E-state index is 10.9. The number of amides is 1. The van der Waals surface area contributed by atoms with Crippen molar-refractivity contribution in [3.63, 3.8) is 0 Å². The van der Waals surface area contributed by atoms with E-state index >= 15 is 0 Å². The molecule has 5 N–H and O–H groups in total. The summed E-state index contributed by atoms with van der Waals surface area (Å²) in [6.07, 6.45) is 2.33. The Balaban J connectivity index is 2.26. The summed E-state index contributed by atoms with van der Waals surface area (Å²) < 4.78 is 0. The second-order valence-electron chi connectivity index (χ2n) is 3.58. The fourth-order valence-electron chi connectivity index (χ4n) is 1.28. The average Bonchev–Trinajstić information content (AvgIpc) is 2.92. The Morgan fingerprint density at radius 3 is 2.71 bits per heavy atom. The van der Waals surface area contributed by atoms with Crippen molar-refractivity contribution >= 4 is 17.3 Å². The van der Waals surface area contributed by atoms with Gasteiger partial charge in [0.05, 0.1) is 11.4 Å². The Bertz CT molecular complexity index is 372. The summed E-state index contributed by atoms with van der Waals surface area (Å²) >= 11 is 0. The Hall–Kier alpha value is -1.71. The van der Waals surface area contributed by atoms with Gasteiger partial charge in [-0.05, 0) is 31.0 Å². The van der Waals surface area contributed by atoms with E-state index in [9.17, 15) is 4.79 Å². The molecule has 74 valence electrons. The number of anilines is 2. The summed E-state index contributed by atoms with van der Waals surface area (Å²) in [4.78, 5) is 10.9. The van der Waals surface area contributed by atoms with Crippen molar-refractivity contribution in [2.75, 3.05) is 11.1 Å².